The Morgan fingerprint density at radius 2 is 2.19 bits per heavy atom. The molecule has 0 radical (unpaired) electrons. The van der Waals surface area contributed by atoms with Gasteiger partial charge in [0.25, 0.3) is 5.91 Å². The number of thiophene rings is 1. The number of alkyl halides is 3. The minimum absolute atomic E-state index is 0.0304. The van der Waals surface area contributed by atoms with Crippen LogP contribution in [0.2, 0.25) is 0 Å². The Labute approximate surface area is 103 Å². The molecule has 0 aliphatic carbocycles. The highest BCUT2D eigenvalue weighted by atomic mass is 79.9. The zero-order valence-corrected chi connectivity index (χ0v) is 10.7. The van der Waals surface area contributed by atoms with E-state index < -0.39 is 18.6 Å². The maximum atomic E-state index is 12.2. The third kappa shape index (κ3) is 3.48. The molecule has 0 unspecified atom stereocenters. The second-order valence-electron chi connectivity index (χ2n) is 3.03. The highest BCUT2D eigenvalue weighted by Crippen LogP contribution is 2.25. The molecule has 2 nitrogen and oxygen atoms in total. The summed E-state index contributed by atoms with van der Waals surface area (Å²) in [7, 11) is 0. The van der Waals surface area contributed by atoms with Crippen LogP contribution in [0.25, 0.3) is 0 Å². The molecular weight excluding hydrogens is 307 g/mol. The normalized spacial score (nSPS) is 11.6. The summed E-state index contributed by atoms with van der Waals surface area (Å²) >= 11 is 4.25. The lowest BCUT2D eigenvalue weighted by atomic mass is 10.3. The molecular formula is C9H9BrF3NOS. The predicted octanol–water partition coefficient (Wildman–Crippen LogP) is 3.54. The largest absolute Gasteiger partial charge is 0.406 e. The van der Waals surface area contributed by atoms with Gasteiger partial charge in [-0.1, -0.05) is 0 Å². The second kappa shape index (κ2) is 5.18. The summed E-state index contributed by atoms with van der Waals surface area (Å²) in [5.41, 5.74) is 0. The number of nitrogens with zero attached hydrogens (tertiary/aromatic N) is 1. The molecule has 1 heterocycles. The molecule has 0 aliphatic rings. The highest BCUT2D eigenvalue weighted by Gasteiger charge is 2.33. The first-order chi connectivity index (χ1) is 7.35. The zero-order valence-electron chi connectivity index (χ0n) is 8.34. The molecule has 0 spiro atoms. The molecule has 1 rings (SSSR count). The lowest BCUT2D eigenvalue weighted by Crippen LogP contribution is -2.38. The molecule has 7 heteroatoms. The van der Waals surface area contributed by atoms with Crippen molar-refractivity contribution in [1.29, 1.82) is 0 Å². The second-order valence-corrected chi connectivity index (χ2v) is 4.80. The van der Waals surface area contributed by atoms with Crippen molar-refractivity contribution < 1.29 is 18.0 Å². The Kier molecular flexibility index (Phi) is 4.37. The van der Waals surface area contributed by atoms with Crippen molar-refractivity contribution in [2.75, 3.05) is 13.1 Å². The SMILES string of the molecule is CCN(CC(F)(F)F)C(=O)c1sccc1Br. The van der Waals surface area contributed by atoms with E-state index in [1.165, 1.54) is 6.92 Å². The van der Waals surface area contributed by atoms with Crippen LogP contribution in [0, 0.1) is 0 Å². The first kappa shape index (κ1) is 13.5. The Hall–Kier alpha value is -0.560. The molecule has 1 amide bonds. The van der Waals surface area contributed by atoms with Crippen molar-refractivity contribution in [2.45, 2.75) is 13.1 Å². The number of halogens is 4. The first-order valence-electron chi connectivity index (χ1n) is 4.44. The average molecular weight is 316 g/mol. The maximum Gasteiger partial charge on any atom is 0.406 e. The van der Waals surface area contributed by atoms with Gasteiger partial charge < -0.3 is 4.90 Å². The molecule has 90 valence electrons. The molecule has 0 saturated heterocycles. The van der Waals surface area contributed by atoms with E-state index in [1.54, 1.807) is 11.4 Å². The van der Waals surface area contributed by atoms with Crippen molar-refractivity contribution in [3.8, 4) is 0 Å². The van der Waals surface area contributed by atoms with Crippen LogP contribution in [0.1, 0.15) is 16.6 Å². The smallest absolute Gasteiger partial charge is 0.329 e. The summed E-state index contributed by atoms with van der Waals surface area (Å²) in [6, 6.07) is 1.64. The predicted molar refractivity (Wildman–Crippen MR) is 59.7 cm³/mol. The van der Waals surface area contributed by atoms with Gasteiger partial charge in [-0.25, -0.2) is 0 Å². The molecule has 0 aliphatic heterocycles. The molecule has 0 N–H and O–H groups in total. The van der Waals surface area contributed by atoms with Gasteiger partial charge in [0.05, 0.1) is 0 Å². The first-order valence-corrected chi connectivity index (χ1v) is 6.11. The molecule has 16 heavy (non-hydrogen) atoms. The van der Waals surface area contributed by atoms with Gasteiger partial charge in [0.2, 0.25) is 0 Å². The van der Waals surface area contributed by atoms with Gasteiger partial charge in [-0.3, -0.25) is 4.79 Å². The number of amides is 1. The summed E-state index contributed by atoms with van der Waals surface area (Å²) in [6.07, 6.45) is -4.37. The number of carbonyl (C=O) groups is 1. The van der Waals surface area contributed by atoms with E-state index in [1.807, 2.05) is 0 Å². The monoisotopic (exact) mass is 315 g/mol. The Morgan fingerprint density at radius 1 is 1.56 bits per heavy atom. The van der Waals surface area contributed by atoms with E-state index in [9.17, 15) is 18.0 Å². The van der Waals surface area contributed by atoms with Crippen LogP contribution in [-0.2, 0) is 0 Å². The van der Waals surface area contributed by atoms with E-state index in [-0.39, 0.29) is 6.54 Å². The van der Waals surface area contributed by atoms with Crippen molar-refractivity contribution in [3.63, 3.8) is 0 Å². The van der Waals surface area contributed by atoms with Gasteiger partial charge in [0, 0.05) is 11.0 Å². The molecule has 0 saturated carbocycles. The number of carbonyl (C=O) groups excluding carboxylic acids is 1. The van der Waals surface area contributed by atoms with Gasteiger partial charge in [-0.05, 0) is 34.3 Å². The van der Waals surface area contributed by atoms with Crippen LogP contribution in [-0.4, -0.2) is 30.1 Å². The van der Waals surface area contributed by atoms with E-state index in [0.717, 1.165) is 16.2 Å². The molecule has 0 fully saturated rings. The van der Waals surface area contributed by atoms with Crippen LogP contribution in [0.15, 0.2) is 15.9 Å². The van der Waals surface area contributed by atoms with E-state index >= 15 is 0 Å². The Morgan fingerprint density at radius 3 is 2.56 bits per heavy atom. The van der Waals surface area contributed by atoms with Gasteiger partial charge in [0.15, 0.2) is 0 Å². The van der Waals surface area contributed by atoms with Gasteiger partial charge in [-0.15, -0.1) is 11.3 Å². The van der Waals surface area contributed by atoms with Gasteiger partial charge in [0.1, 0.15) is 11.4 Å². The summed E-state index contributed by atoms with van der Waals surface area (Å²) in [5.74, 6) is -0.596. The summed E-state index contributed by atoms with van der Waals surface area (Å²) in [6.45, 7) is 0.334. The molecule has 0 bridgehead atoms. The Bertz CT molecular complexity index is 377. The van der Waals surface area contributed by atoms with Crippen molar-refractivity contribution >= 4 is 33.2 Å². The van der Waals surface area contributed by atoms with Crippen LogP contribution in [0.5, 0.6) is 0 Å². The van der Waals surface area contributed by atoms with Crippen LogP contribution in [0.4, 0.5) is 13.2 Å². The Balaban J connectivity index is 2.82. The number of hydrogen-bond donors (Lipinski definition) is 0. The highest BCUT2D eigenvalue weighted by molar-refractivity contribution is 9.10. The maximum absolute atomic E-state index is 12.2. The third-order valence-corrected chi connectivity index (χ3v) is 3.68. The lowest BCUT2D eigenvalue weighted by Gasteiger charge is -2.21. The third-order valence-electron chi connectivity index (χ3n) is 1.85. The van der Waals surface area contributed by atoms with Crippen molar-refractivity contribution in [1.82, 2.24) is 4.90 Å². The van der Waals surface area contributed by atoms with Gasteiger partial charge in [-0.2, -0.15) is 13.2 Å². The standard InChI is InChI=1S/C9H9BrF3NOS/c1-2-14(5-9(11,12)13)8(15)7-6(10)3-4-16-7/h3-4H,2,5H2,1H3. The summed E-state index contributed by atoms with van der Waals surface area (Å²) in [4.78, 5) is 12.8. The van der Waals surface area contributed by atoms with Crippen LogP contribution in [0.3, 0.4) is 0 Å². The van der Waals surface area contributed by atoms with Crippen molar-refractivity contribution in [2.24, 2.45) is 0 Å². The molecule has 1 aromatic rings. The zero-order chi connectivity index (χ0) is 12.3. The quantitative estimate of drug-likeness (QED) is 0.835. The lowest BCUT2D eigenvalue weighted by molar-refractivity contribution is -0.140. The summed E-state index contributed by atoms with van der Waals surface area (Å²) < 4.78 is 37.1. The van der Waals surface area contributed by atoms with Crippen LogP contribution < -0.4 is 0 Å². The topological polar surface area (TPSA) is 20.3 Å². The fourth-order valence-corrected chi connectivity index (χ4v) is 2.64. The van der Waals surface area contributed by atoms with Crippen LogP contribution >= 0.6 is 27.3 Å². The molecule has 0 atom stereocenters. The molecule has 0 aromatic carbocycles. The average Bonchev–Trinajstić information content (AvgIpc) is 2.58. The van der Waals surface area contributed by atoms with E-state index in [0.29, 0.717) is 9.35 Å². The fraction of sp³-hybridized carbons (Fsp3) is 0.444. The fourth-order valence-electron chi connectivity index (χ4n) is 1.13. The van der Waals surface area contributed by atoms with E-state index in [2.05, 4.69) is 15.9 Å². The number of rotatable bonds is 3. The number of hydrogen-bond acceptors (Lipinski definition) is 2. The van der Waals surface area contributed by atoms with Gasteiger partial charge >= 0.3 is 6.18 Å². The van der Waals surface area contributed by atoms with E-state index in [4.69, 9.17) is 0 Å². The summed E-state index contributed by atoms with van der Waals surface area (Å²) in [5, 5.41) is 1.65. The minimum Gasteiger partial charge on any atom is -0.329 e. The molecule has 1 aromatic heterocycles. The minimum atomic E-state index is -4.37. The van der Waals surface area contributed by atoms with Crippen molar-refractivity contribution in [3.05, 3.63) is 20.8 Å².